The van der Waals surface area contributed by atoms with E-state index >= 15 is 0 Å². The number of aromatic nitrogens is 1. The maximum Gasteiger partial charge on any atom is 0.387 e. The summed E-state index contributed by atoms with van der Waals surface area (Å²) in [5, 5.41) is 10.0. The molecule has 0 radical (unpaired) electrons. The predicted octanol–water partition coefficient (Wildman–Crippen LogP) is 3.36. The molecule has 1 atom stereocenters. The SMILES string of the molecule is CC1=C(C(=O)Nc2cc(C)on2)[C@@H](c2ccc(OC(F)F)cc2)NC(=S)N1C. The lowest BCUT2D eigenvalue weighted by atomic mass is 9.94. The summed E-state index contributed by atoms with van der Waals surface area (Å²) in [6, 6.07) is 7.06. The van der Waals surface area contributed by atoms with E-state index in [4.69, 9.17) is 16.7 Å². The first-order valence-corrected chi connectivity index (χ1v) is 8.71. The summed E-state index contributed by atoms with van der Waals surface area (Å²) in [4.78, 5) is 14.6. The van der Waals surface area contributed by atoms with Gasteiger partial charge in [-0.05, 0) is 43.8 Å². The van der Waals surface area contributed by atoms with E-state index in [1.807, 2.05) is 0 Å². The number of rotatable bonds is 5. The van der Waals surface area contributed by atoms with Crippen molar-refractivity contribution in [1.29, 1.82) is 0 Å². The van der Waals surface area contributed by atoms with Crippen molar-refractivity contribution >= 4 is 29.1 Å². The van der Waals surface area contributed by atoms with E-state index in [1.165, 1.54) is 12.1 Å². The van der Waals surface area contributed by atoms with E-state index < -0.39 is 12.7 Å². The standard InChI is InChI=1S/C18H18F2N4O3S/c1-9-8-13(23-27-9)21-16(25)14-10(2)24(3)18(28)22-15(14)11-4-6-12(7-5-11)26-17(19)20/h4-8,15,17H,1-3H3,(H,22,28)(H,21,23,25)/t15-/m1/s1. The third-order valence-electron chi connectivity index (χ3n) is 4.31. The number of anilines is 1. The molecule has 10 heteroatoms. The van der Waals surface area contributed by atoms with Gasteiger partial charge in [-0.1, -0.05) is 17.3 Å². The van der Waals surface area contributed by atoms with Gasteiger partial charge in [0.1, 0.15) is 11.5 Å². The van der Waals surface area contributed by atoms with Crippen LogP contribution < -0.4 is 15.4 Å². The predicted molar refractivity (Wildman–Crippen MR) is 102 cm³/mol. The number of aryl methyl sites for hydroxylation is 1. The monoisotopic (exact) mass is 408 g/mol. The van der Waals surface area contributed by atoms with Crippen molar-refractivity contribution < 1.29 is 22.8 Å². The van der Waals surface area contributed by atoms with Crippen molar-refractivity contribution in [3.8, 4) is 5.75 Å². The first-order chi connectivity index (χ1) is 13.3. The average Bonchev–Trinajstić information content (AvgIpc) is 3.04. The van der Waals surface area contributed by atoms with Gasteiger partial charge in [-0.3, -0.25) is 4.79 Å². The van der Waals surface area contributed by atoms with Crippen LogP contribution >= 0.6 is 12.2 Å². The van der Waals surface area contributed by atoms with Crippen molar-refractivity contribution in [2.45, 2.75) is 26.5 Å². The zero-order chi connectivity index (χ0) is 20.4. The van der Waals surface area contributed by atoms with Gasteiger partial charge >= 0.3 is 6.61 Å². The number of thiocarbonyl (C=S) groups is 1. The minimum Gasteiger partial charge on any atom is -0.435 e. The van der Waals surface area contributed by atoms with Crippen molar-refractivity contribution in [3.63, 3.8) is 0 Å². The molecule has 28 heavy (non-hydrogen) atoms. The zero-order valence-corrected chi connectivity index (χ0v) is 16.1. The molecule has 1 aliphatic rings. The molecular formula is C18H18F2N4O3S. The Hall–Kier alpha value is -3.01. The van der Waals surface area contributed by atoms with Crippen LogP contribution in [0.3, 0.4) is 0 Å². The van der Waals surface area contributed by atoms with Crippen LogP contribution in [0.2, 0.25) is 0 Å². The highest BCUT2D eigenvalue weighted by Crippen LogP contribution is 2.31. The number of amides is 1. The lowest BCUT2D eigenvalue weighted by Crippen LogP contribution is -2.46. The number of nitrogens with zero attached hydrogens (tertiary/aromatic N) is 2. The zero-order valence-electron chi connectivity index (χ0n) is 15.3. The normalized spacial score (nSPS) is 17.0. The van der Waals surface area contributed by atoms with E-state index in [0.29, 0.717) is 27.7 Å². The molecule has 0 saturated heterocycles. The minimum absolute atomic E-state index is 0.0269. The second-order valence-corrected chi connectivity index (χ2v) is 6.55. The van der Waals surface area contributed by atoms with Crippen LogP contribution in [-0.2, 0) is 4.79 Å². The molecule has 7 nitrogen and oxygen atoms in total. The van der Waals surface area contributed by atoms with Crippen LogP contribution in [0.4, 0.5) is 14.6 Å². The summed E-state index contributed by atoms with van der Waals surface area (Å²) in [5.41, 5.74) is 1.73. The van der Waals surface area contributed by atoms with E-state index in [9.17, 15) is 13.6 Å². The largest absolute Gasteiger partial charge is 0.435 e. The smallest absolute Gasteiger partial charge is 0.387 e. The number of benzene rings is 1. The highest BCUT2D eigenvalue weighted by Gasteiger charge is 2.32. The molecule has 148 valence electrons. The third kappa shape index (κ3) is 4.11. The lowest BCUT2D eigenvalue weighted by Gasteiger charge is -2.35. The van der Waals surface area contributed by atoms with Crippen LogP contribution in [-0.4, -0.2) is 34.7 Å². The first-order valence-electron chi connectivity index (χ1n) is 8.30. The molecule has 2 N–H and O–H groups in total. The molecule has 1 aromatic heterocycles. The summed E-state index contributed by atoms with van der Waals surface area (Å²) in [5.74, 6) is 0.495. The number of allylic oxidation sites excluding steroid dienone is 1. The number of nitrogens with one attached hydrogen (secondary N) is 2. The number of ether oxygens (including phenoxy) is 1. The van der Waals surface area contributed by atoms with E-state index in [2.05, 4.69) is 20.5 Å². The molecule has 1 aromatic carbocycles. The van der Waals surface area contributed by atoms with Gasteiger partial charge in [-0.25, -0.2) is 0 Å². The molecule has 0 spiro atoms. The van der Waals surface area contributed by atoms with Crippen molar-refractivity contribution in [3.05, 3.63) is 52.9 Å². The Morgan fingerprint density at radius 1 is 1.36 bits per heavy atom. The van der Waals surface area contributed by atoms with Gasteiger partial charge in [-0.15, -0.1) is 0 Å². The fourth-order valence-corrected chi connectivity index (χ4v) is 3.09. The molecule has 0 fully saturated rings. The van der Waals surface area contributed by atoms with Crippen molar-refractivity contribution in [2.75, 3.05) is 12.4 Å². The Kier molecular flexibility index (Phi) is 5.59. The van der Waals surface area contributed by atoms with Crippen LogP contribution in [0, 0.1) is 6.92 Å². The molecule has 0 bridgehead atoms. The van der Waals surface area contributed by atoms with Gasteiger partial charge in [-0.2, -0.15) is 8.78 Å². The second-order valence-electron chi connectivity index (χ2n) is 6.17. The summed E-state index contributed by atoms with van der Waals surface area (Å²) < 4.78 is 34.1. The molecular weight excluding hydrogens is 390 g/mol. The summed E-state index contributed by atoms with van der Waals surface area (Å²) >= 11 is 5.34. The number of halogens is 2. The van der Waals surface area contributed by atoms with Crippen LogP contribution in [0.25, 0.3) is 0 Å². The van der Waals surface area contributed by atoms with Crippen LogP contribution in [0.5, 0.6) is 5.75 Å². The quantitative estimate of drug-likeness (QED) is 0.735. The van der Waals surface area contributed by atoms with Gasteiger partial charge in [0, 0.05) is 18.8 Å². The Bertz CT molecular complexity index is 927. The van der Waals surface area contributed by atoms with Gasteiger partial charge < -0.3 is 24.8 Å². The molecule has 2 heterocycles. The van der Waals surface area contributed by atoms with Gasteiger partial charge in [0.15, 0.2) is 10.9 Å². The molecule has 1 amide bonds. The maximum absolute atomic E-state index is 13.0. The topological polar surface area (TPSA) is 79.6 Å². The number of carbonyl (C=O) groups excluding carboxylic acids is 1. The number of hydrogen-bond donors (Lipinski definition) is 2. The third-order valence-corrected chi connectivity index (χ3v) is 4.70. The average molecular weight is 408 g/mol. The fraction of sp³-hybridized carbons (Fsp3) is 0.278. The number of hydrogen-bond acceptors (Lipinski definition) is 5. The maximum atomic E-state index is 13.0. The molecule has 3 rings (SSSR count). The van der Waals surface area contributed by atoms with Gasteiger partial charge in [0.05, 0.1) is 11.6 Å². The molecule has 0 saturated carbocycles. The van der Waals surface area contributed by atoms with Crippen LogP contribution in [0.1, 0.15) is 24.3 Å². The molecule has 1 aliphatic heterocycles. The van der Waals surface area contributed by atoms with Gasteiger partial charge in [0.25, 0.3) is 5.91 Å². The summed E-state index contributed by atoms with van der Waals surface area (Å²) in [6.07, 6.45) is 0. The molecule has 2 aromatic rings. The fourth-order valence-electron chi connectivity index (χ4n) is 2.83. The van der Waals surface area contributed by atoms with Crippen molar-refractivity contribution in [2.24, 2.45) is 0 Å². The van der Waals surface area contributed by atoms with Crippen molar-refractivity contribution in [1.82, 2.24) is 15.4 Å². The highest BCUT2D eigenvalue weighted by atomic mass is 32.1. The molecule has 0 unspecified atom stereocenters. The Morgan fingerprint density at radius 2 is 2.04 bits per heavy atom. The minimum atomic E-state index is -2.91. The van der Waals surface area contributed by atoms with E-state index in [0.717, 1.165) is 0 Å². The highest BCUT2D eigenvalue weighted by molar-refractivity contribution is 7.80. The first kappa shape index (κ1) is 19.7. The lowest BCUT2D eigenvalue weighted by molar-refractivity contribution is -0.113. The van der Waals surface area contributed by atoms with Crippen LogP contribution in [0.15, 0.2) is 46.1 Å². The summed E-state index contributed by atoms with van der Waals surface area (Å²) in [7, 11) is 1.74. The van der Waals surface area contributed by atoms with E-state index in [-0.39, 0.29) is 17.5 Å². The second kappa shape index (κ2) is 7.93. The number of carbonyl (C=O) groups is 1. The number of alkyl halides is 2. The van der Waals surface area contributed by atoms with E-state index in [1.54, 1.807) is 44.0 Å². The Labute approximate surface area is 165 Å². The van der Waals surface area contributed by atoms with Gasteiger partial charge in [0.2, 0.25) is 0 Å². The Balaban J connectivity index is 1.93. The summed E-state index contributed by atoms with van der Waals surface area (Å²) in [6.45, 7) is 0.583. The molecule has 0 aliphatic carbocycles. The Morgan fingerprint density at radius 3 is 2.61 bits per heavy atom.